The summed E-state index contributed by atoms with van der Waals surface area (Å²) in [4.78, 5) is 41.7. The second-order valence-electron chi connectivity index (χ2n) is 13.0. The number of rotatable bonds is 11. The number of nitrogens with zero attached hydrogens (tertiary/aromatic N) is 3. The molecule has 3 aromatic rings. The number of hydrogen-bond donors (Lipinski definition) is 1. The number of amides is 1. The lowest BCUT2D eigenvalue weighted by Gasteiger charge is -2.26. The molecule has 2 aliphatic rings. The Hall–Kier alpha value is -6.07. The molecule has 1 N–H and O–H groups in total. The summed E-state index contributed by atoms with van der Waals surface area (Å²) < 4.78 is 22.7. The molecular formula is C40H40N4O7. The molecule has 262 valence electrons. The molecule has 1 heterocycles. The van der Waals surface area contributed by atoms with Crippen LogP contribution in [-0.4, -0.2) is 56.0 Å². The van der Waals surface area contributed by atoms with Gasteiger partial charge in [0.25, 0.3) is 0 Å². The second-order valence-corrected chi connectivity index (χ2v) is 13.0. The summed E-state index contributed by atoms with van der Waals surface area (Å²) in [6.07, 6.45) is 0.0522. The SMILES string of the molecule is CCN(CC)c1ccc2c(c1)OC(=C(C#N)C#N)C=C2COC(=O)CC(NC(=O)OCC1c2ccccc2-c2ccccc21)C(=O)OC(C)(C)C. The smallest absolute Gasteiger partial charge is 0.407 e. The average molecular weight is 689 g/mol. The van der Waals surface area contributed by atoms with E-state index in [1.54, 1.807) is 26.8 Å². The average Bonchev–Trinajstić information content (AvgIpc) is 3.43. The summed E-state index contributed by atoms with van der Waals surface area (Å²) in [5, 5.41) is 21.5. The number of fused-ring (bicyclic) bond motifs is 4. The third kappa shape index (κ3) is 8.39. The van der Waals surface area contributed by atoms with Crippen LogP contribution < -0.4 is 15.0 Å². The maximum atomic E-state index is 13.2. The lowest BCUT2D eigenvalue weighted by atomic mass is 9.98. The first-order valence-electron chi connectivity index (χ1n) is 16.8. The van der Waals surface area contributed by atoms with Crippen LogP contribution in [-0.2, 0) is 23.8 Å². The van der Waals surface area contributed by atoms with E-state index >= 15 is 0 Å². The van der Waals surface area contributed by atoms with Gasteiger partial charge in [0.2, 0.25) is 0 Å². The summed E-state index contributed by atoms with van der Waals surface area (Å²) >= 11 is 0. The van der Waals surface area contributed by atoms with Crippen molar-refractivity contribution in [2.24, 2.45) is 0 Å². The number of carbonyl (C=O) groups excluding carboxylic acids is 3. The summed E-state index contributed by atoms with van der Waals surface area (Å²) in [5.41, 5.74) is 5.03. The number of ether oxygens (including phenoxy) is 4. The molecule has 5 rings (SSSR count). The molecule has 1 aliphatic heterocycles. The first kappa shape index (κ1) is 36.2. The first-order chi connectivity index (χ1) is 24.5. The van der Waals surface area contributed by atoms with Gasteiger partial charge in [-0.05, 0) is 75.1 Å². The molecule has 3 aromatic carbocycles. The molecule has 1 amide bonds. The van der Waals surface area contributed by atoms with Crippen LogP contribution in [0.3, 0.4) is 0 Å². The molecule has 1 aliphatic carbocycles. The molecule has 1 atom stereocenters. The van der Waals surface area contributed by atoms with Crippen molar-refractivity contribution in [2.45, 2.75) is 58.6 Å². The highest BCUT2D eigenvalue weighted by Crippen LogP contribution is 2.44. The largest absolute Gasteiger partial charge is 0.461 e. The van der Waals surface area contributed by atoms with Gasteiger partial charge in [0.15, 0.2) is 11.3 Å². The van der Waals surface area contributed by atoms with E-state index in [1.165, 1.54) is 6.08 Å². The van der Waals surface area contributed by atoms with Crippen molar-refractivity contribution in [3.8, 4) is 29.0 Å². The van der Waals surface area contributed by atoms with Crippen molar-refractivity contribution >= 4 is 29.3 Å². The third-order valence-electron chi connectivity index (χ3n) is 8.52. The maximum absolute atomic E-state index is 13.2. The van der Waals surface area contributed by atoms with Crippen LogP contribution in [0.25, 0.3) is 16.7 Å². The van der Waals surface area contributed by atoms with Crippen LogP contribution in [0.5, 0.6) is 5.75 Å². The van der Waals surface area contributed by atoms with Gasteiger partial charge in [-0.1, -0.05) is 48.5 Å². The van der Waals surface area contributed by atoms with Crippen LogP contribution in [0.4, 0.5) is 10.5 Å². The molecule has 0 saturated heterocycles. The third-order valence-corrected chi connectivity index (χ3v) is 8.52. The van der Waals surface area contributed by atoms with E-state index < -0.39 is 36.1 Å². The van der Waals surface area contributed by atoms with Crippen LogP contribution >= 0.6 is 0 Å². The lowest BCUT2D eigenvalue weighted by molar-refractivity contribution is -0.160. The van der Waals surface area contributed by atoms with Gasteiger partial charge in [-0.25, -0.2) is 9.59 Å². The zero-order valence-corrected chi connectivity index (χ0v) is 29.3. The fourth-order valence-corrected chi connectivity index (χ4v) is 6.14. The number of carbonyl (C=O) groups is 3. The first-order valence-corrected chi connectivity index (χ1v) is 16.8. The Morgan fingerprint density at radius 3 is 2.12 bits per heavy atom. The van der Waals surface area contributed by atoms with Crippen molar-refractivity contribution in [3.05, 3.63) is 101 Å². The van der Waals surface area contributed by atoms with Crippen molar-refractivity contribution in [1.29, 1.82) is 10.5 Å². The second kappa shape index (κ2) is 15.6. The van der Waals surface area contributed by atoms with Gasteiger partial charge < -0.3 is 29.2 Å². The lowest BCUT2D eigenvalue weighted by Crippen LogP contribution is -2.46. The number of alkyl carbamates (subject to hydrolysis) is 1. The Kier molecular flexibility index (Phi) is 11.1. The highest BCUT2D eigenvalue weighted by molar-refractivity contribution is 5.87. The minimum absolute atomic E-state index is 0.0141. The van der Waals surface area contributed by atoms with Crippen molar-refractivity contribution in [2.75, 3.05) is 31.2 Å². The Bertz CT molecular complexity index is 1910. The Balaban J connectivity index is 1.30. The monoisotopic (exact) mass is 688 g/mol. The fraction of sp³-hybridized carbons (Fsp3) is 0.325. The van der Waals surface area contributed by atoms with E-state index in [0.29, 0.717) is 16.9 Å². The molecule has 0 saturated carbocycles. The molecule has 0 fully saturated rings. The quantitative estimate of drug-likeness (QED) is 0.130. The molecule has 0 aromatic heterocycles. The number of nitrogens with one attached hydrogen (secondary N) is 1. The molecular weight excluding hydrogens is 648 g/mol. The van der Waals surface area contributed by atoms with E-state index in [0.717, 1.165) is 41.0 Å². The van der Waals surface area contributed by atoms with E-state index in [-0.39, 0.29) is 30.5 Å². The van der Waals surface area contributed by atoms with Crippen LogP contribution in [0.15, 0.2) is 84.1 Å². The summed E-state index contributed by atoms with van der Waals surface area (Å²) in [6, 6.07) is 23.6. The summed E-state index contributed by atoms with van der Waals surface area (Å²) in [7, 11) is 0. The Morgan fingerprint density at radius 1 is 0.902 bits per heavy atom. The number of anilines is 1. The summed E-state index contributed by atoms with van der Waals surface area (Å²) in [5.74, 6) is -1.41. The molecule has 51 heavy (non-hydrogen) atoms. The van der Waals surface area contributed by atoms with Crippen LogP contribution in [0.1, 0.15) is 63.6 Å². The number of nitriles is 2. The maximum Gasteiger partial charge on any atom is 0.407 e. The van der Waals surface area contributed by atoms with Gasteiger partial charge in [0.1, 0.15) is 42.7 Å². The van der Waals surface area contributed by atoms with Gasteiger partial charge >= 0.3 is 18.0 Å². The molecule has 1 unspecified atom stereocenters. The molecule has 11 nitrogen and oxygen atoms in total. The molecule has 0 bridgehead atoms. The van der Waals surface area contributed by atoms with Gasteiger partial charge in [-0.3, -0.25) is 4.79 Å². The van der Waals surface area contributed by atoms with Crippen molar-refractivity contribution < 1.29 is 33.3 Å². The normalized spacial score (nSPS) is 13.5. The predicted octanol–water partition coefficient (Wildman–Crippen LogP) is 6.79. The van der Waals surface area contributed by atoms with Crippen molar-refractivity contribution in [1.82, 2.24) is 5.32 Å². The van der Waals surface area contributed by atoms with Gasteiger partial charge in [-0.2, -0.15) is 10.5 Å². The van der Waals surface area contributed by atoms with E-state index in [1.807, 2.05) is 86.6 Å². The summed E-state index contributed by atoms with van der Waals surface area (Å²) in [6.45, 7) is 10.3. The van der Waals surface area contributed by atoms with E-state index in [4.69, 9.17) is 18.9 Å². The highest BCUT2D eigenvalue weighted by atomic mass is 16.6. The van der Waals surface area contributed by atoms with Gasteiger partial charge in [0, 0.05) is 41.9 Å². The predicted molar refractivity (Wildman–Crippen MR) is 190 cm³/mol. The topological polar surface area (TPSA) is 151 Å². The van der Waals surface area contributed by atoms with Gasteiger partial charge in [-0.15, -0.1) is 0 Å². The molecule has 11 heteroatoms. The van der Waals surface area contributed by atoms with Crippen LogP contribution in [0.2, 0.25) is 0 Å². The number of hydrogen-bond acceptors (Lipinski definition) is 10. The zero-order chi connectivity index (χ0) is 36.7. The Morgan fingerprint density at radius 2 is 1.53 bits per heavy atom. The molecule has 0 spiro atoms. The number of esters is 2. The Labute approximate surface area is 297 Å². The van der Waals surface area contributed by atoms with Crippen molar-refractivity contribution in [3.63, 3.8) is 0 Å². The number of allylic oxidation sites excluding steroid dienone is 2. The minimum atomic E-state index is -1.40. The molecule has 0 radical (unpaired) electrons. The highest BCUT2D eigenvalue weighted by Gasteiger charge is 2.33. The standard InChI is InChI=1S/C40H40N4O7/c1-6-44(7-2)27-16-17-28-25(18-35(26(21-41)22-42)50-36(28)19-27)23-48-37(45)20-34(38(46)51-40(3,4)5)43-39(47)49-24-33-31-14-10-8-12-29(31)30-13-9-11-15-32(30)33/h8-19,33-34H,6-7,20,23-24H2,1-5H3,(H,43,47). The fourth-order valence-electron chi connectivity index (χ4n) is 6.14. The number of benzene rings is 3. The van der Waals surface area contributed by atoms with Crippen LogP contribution in [0, 0.1) is 22.7 Å². The zero-order valence-electron chi connectivity index (χ0n) is 29.3. The minimum Gasteiger partial charge on any atom is -0.461 e. The van der Waals surface area contributed by atoms with E-state index in [2.05, 4.69) is 10.2 Å². The van der Waals surface area contributed by atoms with Gasteiger partial charge in [0.05, 0.1) is 6.42 Å². The van der Waals surface area contributed by atoms with E-state index in [9.17, 15) is 24.9 Å².